The molecule has 0 heterocycles. The zero-order valence-electron chi connectivity index (χ0n) is 8.44. The number of alkyl halides is 4. The van der Waals surface area contributed by atoms with Crippen LogP contribution in [0.25, 0.3) is 0 Å². The largest absolute Gasteiger partial charge is 0.287 e. The third-order valence-electron chi connectivity index (χ3n) is 1.70. The fourth-order valence-corrected chi connectivity index (χ4v) is 1.69. The molecule has 0 amide bonds. The van der Waals surface area contributed by atoms with E-state index in [4.69, 9.17) is 0 Å². The Bertz CT molecular complexity index is 199. The lowest BCUT2D eigenvalue weighted by Crippen LogP contribution is -2.24. The molecule has 15 heavy (non-hydrogen) atoms. The number of hydrogen-bond donors (Lipinski definition) is 0. The molecule has 1 atom stereocenters. The summed E-state index contributed by atoms with van der Waals surface area (Å²) in [7, 11) is 0. The quantitative estimate of drug-likeness (QED) is 0.640. The summed E-state index contributed by atoms with van der Waals surface area (Å²) in [6, 6.07) is 0. The van der Waals surface area contributed by atoms with Crippen molar-refractivity contribution >= 4 is 16.9 Å². The zero-order chi connectivity index (χ0) is 11.9. The van der Waals surface area contributed by atoms with Crippen molar-refractivity contribution in [3.8, 4) is 0 Å². The van der Waals surface area contributed by atoms with Crippen LogP contribution in [0.3, 0.4) is 0 Å². The molecule has 0 aromatic carbocycles. The molecular formula is C9H14F4OS. The summed E-state index contributed by atoms with van der Waals surface area (Å²) in [6.07, 6.45) is -2.67. The minimum Gasteiger partial charge on any atom is -0.287 e. The number of carbonyl (C=O) groups excluding carboxylic acids is 1. The summed E-state index contributed by atoms with van der Waals surface area (Å²) in [6.45, 7) is -0.173. The van der Waals surface area contributed by atoms with Crippen molar-refractivity contribution in [2.24, 2.45) is 0 Å². The molecule has 0 spiro atoms. The number of hydrogen-bond acceptors (Lipinski definition) is 2. The highest BCUT2D eigenvalue weighted by molar-refractivity contribution is 8.13. The van der Waals surface area contributed by atoms with Crippen molar-refractivity contribution in [3.63, 3.8) is 0 Å². The maximum Gasteiger partial charge on any atom is 0.278 e. The van der Waals surface area contributed by atoms with Gasteiger partial charge in [-0.05, 0) is 6.42 Å². The van der Waals surface area contributed by atoms with E-state index in [9.17, 15) is 22.4 Å². The van der Waals surface area contributed by atoms with Gasteiger partial charge in [-0.2, -0.15) is 0 Å². The number of thioether (sulfide) groups is 1. The maximum absolute atomic E-state index is 12.9. The number of rotatable bonds is 7. The lowest BCUT2D eigenvalue weighted by atomic mass is 10.1. The van der Waals surface area contributed by atoms with Crippen LogP contribution in [-0.2, 0) is 4.79 Å². The van der Waals surface area contributed by atoms with Gasteiger partial charge in [0.15, 0.2) is 11.8 Å². The van der Waals surface area contributed by atoms with Gasteiger partial charge in [-0.1, -0.05) is 18.7 Å². The van der Waals surface area contributed by atoms with Crippen LogP contribution in [0.4, 0.5) is 17.6 Å². The van der Waals surface area contributed by atoms with E-state index in [1.807, 2.05) is 0 Å². The Morgan fingerprint density at radius 3 is 2.53 bits per heavy atom. The van der Waals surface area contributed by atoms with Gasteiger partial charge in [-0.25, -0.2) is 17.6 Å². The molecular weight excluding hydrogens is 232 g/mol. The van der Waals surface area contributed by atoms with Gasteiger partial charge in [-0.15, -0.1) is 0 Å². The Hall–Kier alpha value is -0.260. The van der Waals surface area contributed by atoms with Crippen LogP contribution in [0.15, 0.2) is 0 Å². The van der Waals surface area contributed by atoms with Crippen molar-refractivity contribution in [2.75, 3.05) is 12.4 Å². The topological polar surface area (TPSA) is 17.1 Å². The first kappa shape index (κ1) is 14.7. The van der Waals surface area contributed by atoms with Crippen molar-refractivity contribution in [1.82, 2.24) is 0 Å². The van der Waals surface area contributed by atoms with Gasteiger partial charge in [0.05, 0.1) is 0 Å². The highest BCUT2D eigenvalue weighted by Crippen LogP contribution is 2.24. The van der Waals surface area contributed by atoms with E-state index in [0.717, 1.165) is 11.8 Å². The second kappa shape index (κ2) is 7.09. The number of halogens is 4. The van der Waals surface area contributed by atoms with Gasteiger partial charge >= 0.3 is 0 Å². The average molecular weight is 246 g/mol. The minimum absolute atomic E-state index is 0.0977. The normalized spacial score (nSPS) is 13.9. The molecule has 0 bridgehead atoms. The minimum atomic E-state index is -3.58. The van der Waals surface area contributed by atoms with Crippen LogP contribution in [0.5, 0.6) is 0 Å². The summed E-state index contributed by atoms with van der Waals surface area (Å²) >= 11 is 0.921. The van der Waals surface area contributed by atoms with Gasteiger partial charge in [0.25, 0.3) is 5.92 Å². The molecule has 1 nitrogen and oxygen atoms in total. The van der Waals surface area contributed by atoms with Crippen LogP contribution >= 0.6 is 11.8 Å². The smallest absolute Gasteiger partial charge is 0.278 e. The van der Waals surface area contributed by atoms with Crippen molar-refractivity contribution in [2.45, 2.75) is 38.3 Å². The Morgan fingerprint density at radius 1 is 1.47 bits per heavy atom. The molecule has 1 unspecified atom stereocenters. The lowest BCUT2D eigenvalue weighted by molar-refractivity contribution is -0.110. The van der Waals surface area contributed by atoms with E-state index >= 15 is 0 Å². The summed E-state index contributed by atoms with van der Waals surface area (Å²) < 4.78 is 49.3. The molecule has 6 heteroatoms. The summed E-state index contributed by atoms with van der Waals surface area (Å²) in [5.41, 5.74) is 0. The molecule has 0 aromatic heterocycles. The number of carbonyl (C=O) groups is 1. The molecule has 0 N–H and O–H groups in total. The van der Waals surface area contributed by atoms with E-state index in [1.54, 1.807) is 6.92 Å². The second-order valence-corrected chi connectivity index (χ2v) is 4.31. The molecule has 0 saturated carbocycles. The first-order valence-corrected chi connectivity index (χ1v) is 5.63. The molecule has 0 aliphatic heterocycles. The Kier molecular flexibility index (Phi) is 6.96. The van der Waals surface area contributed by atoms with Crippen LogP contribution in [0, 0.1) is 0 Å². The molecule has 0 radical (unpaired) electrons. The second-order valence-electron chi connectivity index (χ2n) is 3.15. The molecule has 0 aliphatic rings. The first-order valence-electron chi connectivity index (χ1n) is 4.64. The monoisotopic (exact) mass is 246 g/mol. The Labute approximate surface area is 90.6 Å². The van der Waals surface area contributed by atoms with Crippen molar-refractivity contribution in [3.05, 3.63) is 0 Å². The van der Waals surface area contributed by atoms with Gasteiger partial charge in [-0.3, -0.25) is 4.79 Å². The summed E-state index contributed by atoms with van der Waals surface area (Å²) in [4.78, 5) is 10.8. The van der Waals surface area contributed by atoms with E-state index < -0.39 is 25.2 Å². The van der Waals surface area contributed by atoms with Gasteiger partial charge in [0.2, 0.25) is 0 Å². The predicted octanol–water partition coefficient (Wildman–Crippen LogP) is 3.38. The SMILES string of the molecule is CCC(=O)SCCC(F)CC(F)(F)CF. The van der Waals surface area contributed by atoms with Gasteiger partial charge in [0.1, 0.15) is 6.17 Å². The first-order chi connectivity index (χ1) is 6.91. The fraction of sp³-hybridized carbons (Fsp3) is 0.889. The third-order valence-corrected chi connectivity index (χ3v) is 2.75. The maximum atomic E-state index is 12.9. The lowest BCUT2D eigenvalue weighted by Gasteiger charge is -2.14. The Morgan fingerprint density at radius 2 is 2.07 bits per heavy atom. The van der Waals surface area contributed by atoms with Crippen LogP contribution in [0.2, 0.25) is 0 Å². The molecule has 90 valence electrons. The van der Waals surface area contributed by atoms with E-state index in [1.165, 1.54) is 0 Å². The predicted molar refractivity (Wildman–Crippen MR) is 52.8 cm³/mol. The van der Waals surface area contributed by atoms with E-state index in [-0.39, 0.29) is 17.3 Å². The van der Waals surface area contributed by atoms with Crippen molar-refractivity contribution < 1.29 is 22.4 Å². The average Bonchev–Trinajstić information content (AvgIpc) is 2.16. The summed E-state index contributed by atoms with van der Waals surface area (Å²) in [5.74, 6) is -3.42. The highest BCUT2D eigenvalue weighted by Gasteiger charge is 2.32. The third kappa shape index (κ3) is 7.64. The van der Waals surface area contributed by atoms with Crippen LogP contribution in [0.1, 0.15) is 26.2 Å². The fourth-order valence-electron chi connectivity index (χ4n) is 0.883. The molecule has 0 aromatic rings. The van der Waals surface area contributed by atoms with E-state index in [0.29, 0.717) is 6.42 Å². The molecule has 0 saturated heterocycles. The standard InChI is InChI=1S/C9H14F4OS/c1-2-8(14)15-4-3-7(11)5-9(12,13)6-10/h7H,2-6H2,1H3. The van der Waals surface area contributed by atoms with Gasteiger partial charge in [0, 0.05) is 18.6 Å². The molecule has 0 fully saturated rings. The Balaban J connectivity index is 3.66. The van der Waals surface area contributed by atoms with E-state index in [2.05, 4.69) is 0 Å². The summed E-state index contributed by atoms with van der Waals surface area (Å²) in [5, 5.41) is -0.0977. The molecule has 0 aliphatic carbocycles. The zero-order valence-corrected chi connectivity index (χ0v) is 9.26. The molecule has 0 rings (SSSR count). The van der Waals surface area contributed by atoms with Crippen molar-refractivity contribution in [1.29, 1.82) is 0 Å². The van der Waals surface area contributed by atoms with Gasteiger partial charge < -0.3 is 0 Å². The van der Waals surface area contributed by atoms with Crippen LogP contribution in [-0.4, -0.2) is 29.6 Å². The highest BCUT2D eigenvalue weighted by atomic mass is 32.2. The van der Waals surface area contributed by atoms with Crippen LogP contribution < -0.4 is 0 Å².